The van der Waals surface area contributed by atoms with E-state index in [0.717, 1.165) is 60.2 Å². The van der Waals surface area contributed by atoms with Gasteiger partial charge in [0.05, 0.1) is 0 Å². The Kier molecular flexibility index (Phi) is 6.93. The van der Waals surface area contributed by atoms with Crippen LogP contribution in [0, 0.1) is 0 Å². The van der Waals surface area contributed by atoms with Gasteiger partial charge in [0.1, 0.15) is 22.3 Å². The molecule has 0 saturated heterocycles. The molecule has 0 atom stereocenters. The summed E-state index contributed by atoms with van der Waals surface area (Å²) in [5.41, 5.74) is 16.1. The summed E-state index contributed by atoms with van der Waals surface area (Å²) in [4.78, 5) is 0. The maximum absolute atomic E-state index is 6.61. The molecule has 0 unspecified atom stereocenters. The first kappa shape index (κ1) is 34.7. The van der Waals surface area contributed by atoms with Crippen LogP contribution in [0.15, 0.2) is 203 Å². The highest BCUT2D eigenvalue weighted by Gasteiger charge is 2.36. The van der Waals surface area contributed by atoms with E-state index in [1.54, 1.807) is 0 Å². The summed E-state index contributed by atoms with van der Waals surface area (Å²) in [5, 5.41) is 14.4. The molecule has 13 aromatic rings. The third-order valence-electron chi connectivity index (χ3n) is 14.3. The first-order valence-corrected chi connectivity index (χ1v) is 21.9. The molecule has 63 heavy (non-hydrogen) atoms. The van der Waals surface area contributed by atoms with Crippen molar-refractivity contribution in [1.82, 2.24) is 0 Å². The van der Waals surface area contributed by atoms with E-state index in [0.29, 0.717) is 0 Å². The van der Waals surface area contributed by atoms with Gasteiger partial charge in [-0.1, -0.05) is 159 Å². The van der Waals surface area contributed by atoms with Crippen molar-refractivity contribution in [1.29, 1.82) is 0 Å². The van der Waals surface area contributed by atoms with Crippen LogP contribution in [0.2, 0.25) is 0 Å². The number of hydrogen-bond acceptors (Lipinski definition) is 2. The lowest BCUT2D eigenvalue weighted by Gasteiger charge is -2.23. The predicted molar refractivity (Wildman–Crippen MR) is 265 cm³/mol. The molecule has 0 N–H and O–H groups in total. The Morgan fingerprint density at radius 3 is 1.62 bits per heavy atom. The summed E-state index contributed by atoms with van der Waals surface area (Å²) in [6.07, 6.45) is 0. The van der Waals surface area contributed by atoms with Crippen molar-refractivity contribution in [3.8, 4) is 44.5 Å². The molecule has 0 fully saturated rings. The van der Waals surface area contributed by atoms with E-state index >= 15 is 0 Å². The molecular weight excluding hydrogens is 765 g/mol. The van der Waals surface area contributed by atoms with Crippen LogP contribution in [0.25, 0.3) is 131 Å². The molecule has 0 spiro atoms. The summed E-state index contributed by atoms with van der Waals surface area (Å²) in [6, 6.07) is 71.3. The number of para-hydroxylation sites is 1. The van der Waals surface area contributed by atoms with E-state index in [-0.39, 0.29) is 5.41 Å². The lowest BCUT2D eigenvalue weighted by molar-refractivity contribution is 0.661. The van der Waals surface area contributed by atoms with Crippen LogP contribution in [0.4, 0.5) is 0 Å². The van der Waals surface area contributed by atoms with Gasteiger partial charge in [0, 0.05) is 32.3 Å². The minimum absolute atomic E-state index is 0.213. The first-order valence-electron chi connectivity index (χ1n) is 21.9. The van der Waals surface area contributed by atoms with Gasteiger partial charge in [-0.05, 0) is 142 Å². The topological polar surface area (TPSA) is 26.3 Å². The lowest BCUT2D eigenvalue weighted by atomic mass is 9.80. The van der Waals surface area contributed by atoms with Crippen LogP contribution in [-0.4, -0.2) is 0 Å². The molecule has 0 amide bonds. The van der Waals surface area contributed by atoms with Gasteiger partial charge in [-0.3, -0.25) is 0 Å². The van der Waals surface area contributed by atoms with Crippen molar-refractivity contribution in [2.75, 3.05) is 0 Å². The number of hydrogen-bond donors (Lipinski definition) is 0. The van der Waals surface area contributed by atoms with Crippen molar-refractivity contribution in [3.05, 3.63) is 205 Å². The number of benzene rings is 11. The number of furan rings is 2. The lowest BCUT2D eigenvalue weighted by Crippen LogP contribution is -2.15. The fourth-order valence-corrected chi connectivity index (χ4v) is 11.3. The Morgan fingerprint density at radius 2 is 0.857 bits per heavy atom. The summed E-state index contributed by atoms with van der Waals surface area (Å²) < 4.78 is 13.0. The van der Waals surface area contributed by atoms with Crippen molar-refractivity contribution in [3.63, 3.8) is 0 Å². The van der Waals surface area contributed by atoms with Crippen molar-refractivity contribution >= 4 is 87.0 Å². The van der Waals surface area contributed by atoms with Gasteiger partial charge in [0.15, 0.2) is 0 Å². The molecule has 0 radical (unpaired) electrons. The van der Waals surface area contributed by atoms with E-state index in [9.17, 15) is 0 Å². The smallest absolute Gasteiger partial charge is 0.143 e. The minimum Gasteiger partial charge on any atom is -0.456 e. The highest BCUT2D eigenvalue weighted by atomic mass is 16.3. The van der Waals surface area contributed by atoms with E-state index in [1.807, 2.05) is 12.1 Å². The first-order chi connectivity index (χ1) is 31.0. The average molecular weight is 803 g/mol. The van der Waals surface area contributed by atoms with Crippen molar-refractivity contribution < 1.29 is 8.83 Å². The van der Waals surface area contributed by atoms with Crippen LogP contribution < -0.4 is 0 Å². The van der Waals surface area contributed by atoms with Crippen LogP contribution in [0.5, 0.6) is 0 Å². The van der Waals surface area contributed by atoms with E-state index in [2.05, 4.69) is 196 Å². The Bertz CT molecular complexity index is 4060. The highest BCUT2D eigenvalue weighted by molar-refractivity contribution is 6.26. The van der Waals surface area contributed by atoms with Crippen LogP contribution >= 0.6 is 0 Å². The maximum atomic E-state index is 6.61. The summed E-state index contributed by atoms with van der Waals surface area (Å²) in [7, 11) is 0. The molecule has 11 aromatic carbocycles. The number of fused-ring (bicyclic) bond motifs is 15. The molecule has 2 nitrogen and oxygen atoms in total. The predicted octanol–water partition coefficient (Wildman–Crippen LogP) is 17.4. The molecule has 2 heteroatoms. The third-order valence-corrected chi connectivity index (χ3v) is 14.3. The van der Waals surface area contributed by atoms with Gasteiger partial charge in [-0.2, -0.15) is 0 Å². The van der Waals surface area contributed by atoms with Gasteiger partial charge in [0.25, 0.3) is 0 Å². The fraction of sp³-hybridized carbons (Fsp3) is 0.0492. The Morgan fingerprint density at radius 1 is 0.317 bits per heavy atom. The van der Waals surface area contributed by atoms with Gasteiger partial charge >= 0.3 is 0 Å². The Labute approximate surface area is 363 Å². The largest absolute Gasteiger partial charge is 0.456 e. The third kappa shape index (κ3) is 4.78. The molecule has 1 aliphatic carbocycles. The molecule has 2 heterocycles. The summed E-state index contributed by atoms with van der Waals surface area (Å²) in [6.45, 7) is 4.77. The van der Waals surface area contributed by atoms with E-state index in [4.69, 9.17) is 8.83 Å². The normalized spacial score (nSPS) is 13.4. The van der Waals surface area contributed by atoms with Gasteiger partial charge in [-0.15, -0.1) is 0 Å². The molecule has 1 aliphatic rings. The average Bonchev–Trinajstić information content (AvgIpc) is 3.97. The number of rotatable bonds is 3. The zero-order chi connectivity index (χ0) is 41.6. The molecule has 0 aliphatic heterocycles. The van der Waals surface area contributed by atoms with Crippen LogP contribution in [-0.2, 0) is 5.41 Å². The molecule has 0 bridgehead atoms. The summed E-state index contributed by atoms with van der Waals surface area (Å²) >= 11 is 0. The van der Waals surface area contributed by atoms with Crippen LogP contribution in [0.3, 0.4) is 0 Å². The molecule has 0 saturated carbocycles. The summed E-state index contributed by atoms with van der Waals surface area (Å²) in [5.74, 6) is 0. The maximum Gasteiger partial charge on any atom is 0.143 e. The molecule has 14 rings (SSSR count). The molecule has 2 aromatic heterocycles. The highest BCUT2D eigenvalue weighted by Crippen LogP contribution is 2.53. The van der Waals surface area contributed by atoms with Crippen molar-refractivity contribution in [2.45, 2.75) is 19.3 Å². The van der Waals surface area contributed by atoms with Gasteiger partial charge < -0.3 is 8.83 Å². The quantitative estimate of drug-likeness (QED) is 0.166. The second-order valence-corrected chi connectivity index (χ2v) is 17.9. The van der Waals surface area contributed by atoms with Crippen molar-refractivity contribution in [2.24, 2.45) is 0 Å². The zero-order valence-corrected chi connectivity index (χ0v) is 34.8. The van der Waals surface area contributed by atoms with Gasteiger partial charge in [-0.25, -0.2) is 0 Å². The second kappa shape index (κ2) is 12.6. The standard InChI is InChI=1S/C61H38O2/c1-61(2)52-32-36(37-23-27-51-56(34-37)62-55-31-30-50-48(59(51)55)28-29-49-42-15-9-10-21-54(42)63-60(49)50)22-25-40(52)41-26-24-38(33-53(41)61)57-44-16-5-7-18-46(44)58(47-19-8-6-17-45(47)57)43-20-11-13-35-12-3-4-14-39(35)43/h3-34H,1-2H3. The monoisotopic (exact) mass is 802 g/mol. The van der Waals surface area contributed by atoms with Gasteiger partial charge in [0.2, 0.25) is 0 Å². The molecule has 294 valence electrons. The Balaban J connectivity index is 0.881. The SMILES string of the molecule is CC1(C)c2cc(-c3ccc4c(c3)oc3ccc5c(ccc6c7ccccc7oc65)c34)ccc2-c2ccc(-c3c4ccccc4c(-c4cccc5ccccc45)c4ccccc34)cc21. The molecular formula is C61H38O2. The fourth-order valence-electron chi connectivity index (χ4n) is 11.3. The van der Waals surface area contributed by atoms with E-state index < -0.39 is 0 Å². The Hall–Kier alpha value is -7.94. The second-order valence-electron chi connectivity index (χ2n) is 17.9. The van der Waals surface area contributed by atoms with E-state index in [1.165, 1.54) is 82.4 Å². The minimum atomic E-state index is -0.213. The van der Waals surface area contributed by atoms with Crippen LogP contribution in [0.1, 0.15) is 25.0 Å². The zero-order valence-electron chi connectivity index (χ0n) is 34.8.